The smallest absolute Gasteiger partial charge is 0.248 e. The third-order valence-corrected chi connectivity index (χ3v) is 2.75. The van der Waals surface area contributed by atoms with Crippen LogP contribution in [0.5, 0.6) is 0 Å². The van der Waals surface area contributed by atoms with Gasteiger partial charge in [-0.3, -0.25) is 4.79 Å². The van der Waals surface area contributed by atoms with Crippen molar-refractivity contribution in [3.05, 3.63) is 65.2 Å². The zero-order valence-corrected chi connectivity index (χ0v) is 10.3. The number of rotatable bonds is 4. The van der Waals surface area contributed by atoms with Crippen LogP contribution in [-0.2, 0) is 6.54 Å². The van der Waals surface area contributed by atoms with Crippen LogP contribution >= 0.6 is 0 Å². The molecule has 0 aliphatic carbocycles. The van der Waals surface area contributed by atoms with E-state index in [4.69, 9.17) is 5.73 Å². The topological polar surface area (TPSA) is 55.1 Å². The monoisotopic (exact) mass is 240 g/mol. The van der Waals surface area contributed by atoms with Gasteiger partial charge >= 0.3 is 0 Å². The Kier molecular flexibility index (Phi) is 3.63. The highest BCUT2D eigenvalue weighted by Crippen LogP contribution is 2.12. The summed E-state index contributed by atoms with van der Waals surface area (Å²) in [6.45, 7) is 2.79. The molecule has 0 unspecified atom stereocenters. The number of aryl methyl sites for hydroxylation is 1. The maximum Gasteiger partial charge on any atom is 0.248 e. The van der Waals surface area contributed by atoms with E-state index in [0.717, 1.165) is 17.8 Å². The van der Waals surface area contributed by atoms with E-state index in [-0.39, 0.29) is 0 Å². The second-order valence-electron chi connectivity index (χ2n) is 4.28. The summed E-state index contributed by atoms with van der Waals surface area (Å²) in [5.74, 6) is -0.395. The summed E-state index contributed by atoms with van der Waals surface area (Å²) >= 11 is 0. The number of nitrogens with one attached hydrogen (secondary N) is 1. The van der Waals surface area contributed by atoms with Crippen LogP contribution in [0.25, 0.3) is 0 Å². The summed E-state index contributed by atoms with van der Waals surface area (Å²) in [5, 5.41) is 3.33. The molecule has 0 aromatic heterocycles. The molecule has 92 valence electrons. The third kappa shape index (κ3) is 3.10. The Hall–Kier alpha value is -2.29. The van der Waals surface area contributed by atoms with Crippen molar-refractivity contribution >= 4 is 11.6 Å². The van der Waals surface area contributed by atoms with E-state index in [1.165, 1.54) is 5.56 Å². The molecule has 0 radical (unpaired) electrons. The van der Waals surface area contributed by atoms with Crippen LogP contribution in [0.1, 0.15) is 21.5 Å². The molecule has 0 spiro atoms. The molecule has 0 heterocycles. The van der Waals surface area contributed by atoms with Gasteiger partial charge in [0.05, 0.1) is 0 Å². The van der Waals surface area contributed by atoms with Crippen LogP contribution < -0.4 is 11.1 Å². The molecule has 0 saturated heterocycles. The number of hydrogen-bond donors (Lipinski definition) is 2. The molecule has 2 rings (SSSR count). The number of nitrogens with two attached hydrogens (primary N) is 1. The first-order chi connectivity index (χ1) is 8.65. The summed E-state index contributed by atoms with van der Waals surface area (Å²) in [6.07, 6.45) is 0. The van der Waals surface area contributed by atoms with Gasteiger partial charge in [-0.2, -0.15) is 0 Å². The molecule has 3 heteroatoms. The van der Waals surface area contributed by atoms with Gasteiger partial charge in [-0.05, 0) is 42.3 Å². The van der Waals surface area contributed by atoms with Crippen LogP contribution in [0.3, 0.4) is 0 Å². The fourth-order valence-electron chi connectivity index (χ4n) is 1.75. The van der Waals surface area contributed by atoms with Crippen molar-refractivity contribution in [1.82, 2.24) is 0 Å². The van der Waals surface area contributed by atoms with Crippen molar-refractivity contribution < 1.29 is 4.79 Å². The Morgan fingerprint density at radius 3 is 2.50 bits per heavy atom. The first-order valence-corrected chi connectivity index (χ1v) is 5.84. The fourth-order valence-corrected chi connectivity index (χ4v) is 1.75. The molecule has 0 fully saturated rings. The highest BCUT2D eigenvalue weighted by atomic mass is 16.1. The minimum Gasteiger partial charge on any atom is -0.381 e. The average molecular weight is 240 g/mol. The fraction of sp³-hybridized carbons (Fsp3) is 0.133. The van der Waals surface area contributed by atoms with Crippen LogP contribution in [0.15, 0.2) is 48.5 Å². The summed E-state index contributed by atoms with van der Waals surface area (Å²) in [6, 6.07) is 15.5. The first-order valence-electron chi connectivity index (χ1n) is 5.84. The Morgan fingerprint density at radius 1 is 1.17 bits per heavy atom. The molecular formula is C15H16N2O. The second kappa shape index (κ2) is 5.36. The largest absolute Gasteiger partial charge is 0.381 e. The Bertz CT molecular complexity index is 547. The number of amides is 1. The van der Waals surface area contributed by atoms with Gasteiger partial charge in [0.15, 0.2) is 0 Å². The van der Waals surface area contributed by atoms with Gasteiger partial charge in [0, 0.05) is 17.8 Å². The average Bonchev–Trinajstić information content (AvgIpc) is 2.37. The molecule has 1 amide bonds. The zero-order chi connectivity index (χ0) is 13.0. The van der Waals surface area contributed by atoms with Gasteiger partial charge in [0.2, 0.25) is 5.91 Å². The molecule has 18 heavy (non-hydrogen) atoms. The maximum atomic E-state index is 10.9. The predicted molar refractivity (Wildman–Crippen MR) is 73.5 cm³/mol. The number of carbonyl (C=O) groups is 1. The van der Waals surface area contributed by atoms with Crippen LogP contribution in [0.4, 0.5) is 5.69 Å². The Morgan fingerprint density at radius 2 is 1.89 bits per heavy atom. The van der Waals surface area contributed by atoms with E-state index < -0.39 is 5.91 Å². The van der Waals surface area contributed by atoms with E-state index in [1.807, 2.05) is 24.3 Å². The van der Waals surface area contributed by atoms with E-state index in [9.17, 15) is 4.79 Å². The van der Waals surface area contributed by atoms with Gasteiger partial charge in [0.25, 0.3) is 0 Å². The first kappa shape index (κ1) is 12.2. The summed E-state index contributed by atoms with van der Waals surface area (Å²) < 4.78 is 0. The predicted octanol–water partition coefficient (Wildman–Crippen LogP) is 2.71. The van der Waals surface area contributed by atoms with E-state index in [2.05, 4.69) is 24.4 Å². The summed E-state index contributed by atoms with van der Waals surface area (Å²) in [5.41, 5.74) is 9.16. The lowest BCUT2D eigenvalue weighted by molar-refractivity contribution is 0.100. The number of benzene rings is 2. The highest BCUT2D eigenvalue weighted by Gasteiger charge is 1.99. The lowest BCUT2D eigenvalue weighted by Gasteiger charge is -2.07. The molecule has 0 aliphatic rings. The van der Waals surface area contributed by atoms with Gasteiger partial charge in [-0.15, -0.1) is 0 Å². The van der Waals surface area contributed by atoms with E-state index in [1.54, 1.807) is 12.1 Å². The Balaban J connectivity index is 2.00. The van der Waals surface area contributed by atoms with Crippen LogP contribution in [-0.4, -0.2) is 5.91 Å². The van der Waals surface area contributed by atoms with Crippen molar-refractivity contribution in [1.29, 1.82) is 0 Å². The third-order valence-electron chi connectivity index (χ3n) is 2.75. The number of hydrogen-bond acceptors (Lipinski definition) is 2. The van der Waals surface area contributed by atoms with Crippen LogP contribution in [0, 0.1) is 6.92 Å². The summed E-state index contributed by atoms with van der Waals surface area (Å²) in [7, 11) is 0. The molecule has 0 saturated carbocycles. The van der Waals surface area contributed by atoms with Crippen molar-refractivity contribution in [3.63, 3.8) is 0 Å². The number of primary amides is 1. The molecule has 0 bridgehead atoms. The lowest BCUT2D eigenvalue weighted by atomic mass is 10.1. The number of carbonyl (C=O) groups excluding carboxylic acids is 1. The zero-order valence-electron chi connectivity index (χ0n) is 10.3. The van der Waals surface area contributed by atoms with Crippen molar-refractivity contribution in [2.24, 2.45) is 5.73 Å². The SMILES string of the molecule is Cc1cccc(NCc2ccc(C(N)=O)cc2)c1. The molecule has 0 aliphatic heterocycles. The van der Waals surface area contributed by atoms with Crippen molar-refractivity contribution in [2.75, 3.05) is 5.32 Å². The Labute approximate surface area is 107 Å². The minimum absolute atomic E-state index is 0.395. The van der Waals surface area contributed by atoms with Gasteiger partial charge in [0.1, 0.15) is 0 Å². The number of anilines is 1. The van der Waals surface area contributed by atoms with E-state index in [0.29, 0.717) is 5.56 Å². The molecule has 2 aromatic carbocycles. The molecule has 3 N–H and O–H groups in total. The van der Waals surface area contributed by atoms with Gasteiger partial charge < -0.3 is 11.1 Å². The normalized spacial score (nSPS) is 10.1. The minimum atomic E-state index is -0.395. The standard InChI is InChI=1S/C15H16N2O/c1-11-3-2-4-14(9-11)17-10-12-5-7-13(8-6-12)15(16)18/h2-9,17H,10H2,1H3,(H2,16,18). The highest BCUT2D eigenvalue weighted by molar-refractivity contribution is 5.92. The van der Waals surface area contributed by atoms with E-state index >= 15 is 0 Å². The quantitative estimate of drug-likeness (QED) is 0.863. The van der Waals surface area contributed by atoms with Gasteiger partial charge in [-0.1, -0.05) is 24.3 Å². The second-order valence-corrected chi connectivity index (χ2v) is 4.28. The molecule has 2 aromatic rings. The lowest BCUT2D eigenvalue weighted by Crippen LogP contribution is -2.10. The summed E-state index contributed by atoms with van der Waals surface area (Å²) in [4.78, 5) is 10.9. The molecular weight excluding hydrogens is 224 g/mol. The molecule has 0 atom stereocenters. The molecule has 3 nitrogen and oxygen atoms in total. The van der Waals surface area contributed by atoms with Crippen molar-refractivity contribution in [3.8, 4) is 0 Å². The van der Waals surface area contributed by atoms with Crippen LogP contribution in [0.2, 0.25) is 0 Å². The maximum absolute atomic E-state index is 10.9. The van der Waals surface area contributed by atoms with Gasteiger partial charge in [-0.25, -0.2) is 0 Å². The van der Waals surface area contributed by atoms with Crippen molar-refractivity contribution in [2.45, 2.75) is 13.5 Å².